The van der Waals surface area contributed by atoms with E-state index in [1.54, 1.807) is 13.8 Å². The predicted molar refractivity (Wildman–Crippen MR) is 68.9 cm³/mol. The van der Waals surface area contributed by atoms with Gasteiger partial charge in [-0.25, -0.2) is 13.1 Å². The Morgan fingerprint density at radius 1 is 1.28 bits per heavy atom. The number of hydrogen-bond donors (Lipinski definition) is 2. The largest absolute Gasteiger partial charge is 0.480 e. The van der Waals surface area contributed by atoms with Crippen molar-refractivity contribution in [1.29, 1.82) is 0 Å². The highest BCUT2D eigenvalue weighted by atomic mass is 32.2. The lowest BCUT2D eigenvalue weighted by atomic mass is 10.1. The molecule has 0 spiro atoms. The zero-order valence-electron chi connectivity index (χ0n) is 11.3. The van der Waals surface area contributed by atoms with Gasteiger partial charge in [0.1, 0.15) is 6.04 Å². The molecular weight excluding hydrogens is 258 g/mol. The van der Waals surface area contributed by atoms with Gasteiger partial charge in [0.05, 0.1) is 18.5 Å². The molecule has 0 unspecified atom stereocenters. The van der Waals surface area contributed by atoms with Crippen LogP contribution in [0.5, 0.6) is 0 Å². The molecule has 6 nitrogen and oxygen atoms in total. The van der Waals surface area contributed by atoms with Crippen LogP contribution in [0, 0.1) is 5.92 Å². The van der Waals surface area contributed by atoms with Gasteiger partial charge in [0.15, 0.2) is 0 Å². The van der Waals surface area contributed by atoms with Gasteiger partial charge in [-0.15, -0.1) is 0 Å². The molecule has 1 atom stereocenters. The van der Waals surface area contributed by atoms with Crippen molar-refractivity contribution in [3.8, 4) is 0 Å². The topological polar surface area (TPSA) is 92.7 Å². The molecule has 108 valence electrons. The predicted octanol–water partition coefficient (Wildman–Crippen LogP) is 0.830. The van der Waals surface area contributed by atoms with E-state index < -0.39 is 22.0 Å². The van der Waals surface area contributed by atoms with Crippen molar-refractivity contribution in [2.45, 2.75) is 46.3 Å². The van der Waals surface area contributed by atoms with E-state index in [1.807, 2.05) is 13.8 Å². The zero-order chi connectivity index (χ0) is 14.3. The average molecular weight is 281 g/mol. The Balaban J connectivity index is 4.38. The summed E-state index contributed by atoms with van der Waals surface area (Å²) in [7, 11) is -3.62. The van der Waals surface area contributed by atoms with E-state index in [4.69, 9.17) is 9.84 Å². The number of carboxylic acids is 1. The third-order valence-electron chi connectivity index (χ3n) is 2.13. The number of carbonyl (C=O) groups is 1. The first-order valence-electron chi connectivity index (χ1n) is 5.98. The van der Waals surface area contributed by atoms with Gasteiger partial charge in [-0.05, 0) is 26.2 Å². The molecule has 0 aromatic rings. The lowest BCUT2D eigenvalue weighted by Gasteiger charge is -2.16. The van der Waals surface area contributed by atoms with E-state index >= 15 is 0 Å². The third-order valence-corrected chi connectivity index (χ3v) is 3.48. The van der Waals surface area contributed by atoms with Crippen LogP contribution in [0.4, 0.5) is 0 Å². The molecule has 0 aromatic carbocycles. The Bertz CT molecular complexity index is 350. The molecule has 0 aliphatic carbocycles. The summed E-state index contributed by atoms with van der Waals surface area (Å²) in [5, 5.41) is 8.94. The molecular formula is C11H23NO5S. The van der Waals surface area contributed by atoms with E-state index in [0.29, 0.717) is 0 Å². The maximum atomic E-state index is 11.7. The Morgan fingerprint density at radius 3 is 2.22 bits per heavy atom. The molecule has 0 heterocycles. The van der Waals surface area contributed by atoms with Crippen molar-refractivity contribution in [2.24, 2.45) is 5.92 Å². The maximum absolute atomic E-state index is 11.7. The smallest absolute Gasteiger partial charge is 0.321 e. The van der Waals surface area contributed by atoms with Crippen LogP contribution in [0.25, 0.3) is 0 Å². The monoisotopic (exact) mass is 281 g/mol. The summed E-state index contributed by atoms with van der Waals surface area (Å²) >= 11 is 0. The molecule has 7 heteroatoms. The highest BCUT2D eigenvalue weighted by Crippen LogP contribution is 2.06. The SMILES string of the molecule is CC(C)C[C@@H](NS(=O)(=O)CCOC(C)C)C(=O)O. The highest BCUT2D eigenvalue weighted by Gasteiger charge is 2.24. The van der Waals surface area contributed by atoms with Gasteiger partial charge in [0.2, 0.25) is 10.0 Å². The molecule has 0 aliphatic rings. The van der Waals surface area contributed by atoms with Crippen LogP contribution in [0.2, 0.25) is 0 Å². The van der Waals surface area contributed by atoms with E-state index in [9.17, 15) is 13.2 Å². The molecule has 0 rings (SSSR count). The summed E-state index contributed by atoms with van der Waals surface area (Å²) in [5.41, 5.74) is 0. The summed E-state index contributed by atoms with van der Waals surface area (Å²) < 4.78 is 30.6. The highest BCUT2D eigenvalue weighted by molar-refractivity contribution is 7.89. The first-order valence-corrected chi connectivity index (χ1v) is 7.63. The van der Waals surface area contributed by atoms with Crippen LogP contribution >= 0.6 is 0 Å². The van der Waals surface area contributed by atoms with Gasteiger partial charge < -0.3 is 9.84 Å². The van der Waals surface area contributed by atoms with Crippen molar-refractivity contribution in [3.05, 3.63) is 0 Å². The van der Waals surface area contributed by atoms with E-state index in [1.165, 1.54) is 0 Å². The second-order valence-electron chi connectivity index (χ2n) is 4.88. The minimum Gasteiger partial charge on any atom is -0.480 e. The fraction of sp³-hybridized carbons (Fsp3) is 0.909. The molecule has 18 heavy (non-hydrogen) atoms. The van der Waals surface area contributed by atoms with Crippen LogP contribution in [-0.4, -0.2) is 44.0 Å². The van der Waals surface area contributed by atoms with Gasteiger partial charge >= 0.3 is 5.97 Å². The zero-order valence-corrected chi connectivity index (χ0v) is 12.2. The second kappa shape index (κ2) is 7.70. The standard InChI is InChI=1S/C11H23NO5S/c1-8(2)7-10(11(13)14)12-18(15,16)6-5-17-9(3)4/h8-10,12H,5-7H2,1-4H3,(H,13,14)/t10-/m1/s1. The van der Waals surface area contributed by atoms with Crippen molar-refractivity contribution in [2.75, 3.05) is 12.4 Å². The maximum Gasteiger partial charge on any atom is 0.321 e. The van der Waals surface area contributed by atoms with E-state index in [-0.39, 0.29) is 30.8 Å². The fourth-order valence-electron chi connectivity index (χ4n) is 1.34. The van der Waals surface area contributed by atoms with Gasteiger partial charge in [0, 0.05) is 0 Å². The van der Waals surface area contributed by atoms with Gasteiger partial charge in [-0.3, -0.25) is 4.79 Å². The summed E-state index contributed by atoms with van der Waals surface area (Å²) in [4.78, 5) is 10.9. The van der Waals surface area contributed by atoms with Crippen molar-refractivity contribution >= 4 is 16.0 Å². The third kappa shape index (κ3) is 8.43. The molecule has 0 saturated carbocycles. The van der Waals surface area contributed by atoms with Crippen LogP contribution in [0.15, 0.2) is 0 Å². The molecule has 0 fully saturated rings. The Morgan fingerprint density at radius 2 is 1.83 bits per heavy atom. The number of aliphatic carboxylic acids is 1. The van der Waals surface area contributed by atoms with Gasteiger partial charge in [-0.1, -0.05) is 13.8 Å². The summed E-state index contributed by atoms with van der Waals surface area (Å²) in [6.07, 6.45) is 0.214. The second-order valence-corrected chi connectivity index (χ2v) is 6.75. The molecule has 0 aromatic heterocycles. The van der Waals surface area contributed by atoms with E-state index in [2.05, 4.69) is 4.72 Å². The molecule has 0 saturated heterocycles. The summed E-state index contributed by atoms with van der Waals surface area (Å²) in [6, 6.07) is -1.07. The summed E-state index contributed by atoms with van der Waals surface area (Å²) in [5.74, 6) is -1.29. The van der Waals surface area contributed by atoms with Crippen LogP contribution in [0.1, 0.15) is 34.1 Å². The fourth-order valence-corrected chi connectivity index (χ4v) is 2.40. The van der Waals surface area contributed by atoms with Crippen molar-refractivity contribution in [1.82, 2.24) is 4.72 Å². The number of rotatable bonds is 9. The minimum atomic E-state index is -3.62. The molecule has 0 amide bonds. The average Bonchev–Trinajstić information content (AvgIpc) is 2.14. The lowest BCUT2D eigenvalue weighted by Crippen LogP contribution is -2.43. The Hall–Kier alpha value is -0.660. The molecule has 0 bridgehead atoms. The molecule has 0 aliphatic heterocycles. The van der Waals surface area contributed by atoms with Gasteiger partial charge in [-0.2, -0.15) is 0 Å². The molecule has 0 radical (unpaired) electrons. The first kappa shape index (κ1) is 17.3. The number of nitrogens with one attached hydrogen (secondary N) is 1. The Kier molecular flexibility index (Phi) is 7.42. The Labute approximate surface area is 109 Å². The van der Waals surface area contributed by atoms with Crippen LogP contribution < -0.4 is 4.72 Å². The summed E-state index contributed by atoms with van der Waals surface area (Å²) in [6.45, 7) is 7.34. The number of sulfonamides is 1. The van der Waals surface area contributed by atoms with Crippen LogP contribution in [-0.2, 0) is 19.6 Å². The number of hydrogen-bond acceptors (Lipinski definition) is 4. The van der Waals surface area contributed by atoms with Crippen molar-refractivity contribution < 1.29 is 23.1 Å². The quantitative estimate of drug-likeness (QED) is 0.653. The molecule has 2 N–H and O–H groups in total. The normalized spacial score (nSPS) is 14.1. The van der Waals surface area contributed by atoms with Crippen molar-refractivity contribution in [3.63, 3.8) is 0 Å². The van der Waals surface area contributed by atoms with Crippen LogP contribution in [0.3, 0.4) is 0 Å². The van der Waals surface area contributed by atoms with E-state index in [0.717, 1.165) is 0 Å². The van der Waals surface area contributed by atoms with Gasteiger partial charge in [0.25, 0.3) is 0 Å². The lowest BCUT2D eigenvalue weighted by molar-refractivity contribution is -0.139. The number of carboxylic acid groups (broad SMARTS) is 1. The minimum absolute atomic E-state index is 0.0499. The number of ether oxygens (including phenoxy) is 1. The first-order chi connectivity index (χ1) is 8.14.